The summed E-state index contributed by atoms with van der Waals surface area (Å²) >= 11 is 0. The van der Waals surface area contributed by atoms with Gasteiger partial charge in [0.15, 0.2) is 9.84 Å². The minimum Gasteiger partial charge on any atom is -0.494 e. The number of piperidine rings is 1. The van der Waals surface area contributed by atoms with Crippen LogP contribution >= 0.6 is 0 Å². The molecular formula is C25H32N2O6S2. The fourth-order valence-corrected chi connectivity index (χ4v) is 6.78. The van der Waals surface area contributed by atoms with E-state index < -0.39 is 19.9 Å². The average molecular weight is 521 g/mol. The van der Waals surface area contributed by atoms with E-state index in [-0.39, 0.29) is 34.8 Å². The number of aryl methyl sites for hydroxylation is 1. The Labute approximate surface area is 207 Å². The fourth-order valence-electron chi connectivity index (χ4n) is 4.72. The van der Waals surface area contributed by atoms with Gasteiger partial charge in [0.2, 0.25) is 15.9 Å². The van der Waals surface area contributed by atoms with Crippen molar-refractivity contribution in [2.75, 3.05) is 32.5 Å². The van der Waals surface area contributed by atoms with Gasteiger partial charge in [-0.15, -0.1) is 0 Å². The zero-order valence-electron chi connectivity index (χ0n) is 19.9. The zero-order chi connectivity index (χ0) is 25.1. The van der Waals surface area contributed by atoms with Gasteiger partial charge in [0.25, 0.3) is 0 Å². The molecule has 1 amide bonds. The van der Waals surface area contributed by atoms with E-state index in [9.17, 15) is 21.6 Å². The minimum atomic E-state index is -4.02. The predicted molar refractivity (Wildman–Crippen MR) is 133 cm³/mol. The first kappa shape index (κ1) is 25.7. The highest BCUT2D eigenvalue weighted by Crippen LogP contribution is 2.25. The van der Waals surface area contributed by atoms with Crippen LogP contribution in [0.1, 0.15) is 37.7 Å². The summed E-state index contributed by atoms with van der Waals surface area (Å²) in [5, 5.41) is 0. The molecule has 2 heterocycles. The van der Waals surface area contributed by atoms with Gasteiger partial charge < -0.3 is 9.64 Å². The number of benzene rings is 2. The molecular weight excluding hydrogens is 488 g/mol. The number of ether oxygens (including phenoxy) is 1. The lowest BCUT2D eigenvalue weighted by atomic mass is 9.95. The Morgan fingerprint density at radius 2 is 1.63 bits per heavy atom. The van der Waals surface area contributed by atoms with Crippen molar-refractivity contribution in [3.8, 4) is 5.75 Å². The molecule has 0 spiro atoms. The molecule has 1 saturated heterocycles. The van der Waals surface area contributed by atoms with Crippen LogP contribution in [-0.4, -0.2) is 70.5 Å². The molecule has 190 valence electrons. The number of sulfone groups is 1. The third kappa shape index (κ3) is 6.23. The summed E-state index contributed by atoms with van der Waals surface area (Å²) in [6, 6.07) is 13.1. The molecule has 2 aromatic rings. The minimum absolute atomic E-state index is 0.0392. The molecule has 1 unspecified atom stereocenters. The van der Waals surface area contributed by atoms with Gasteiger partial charge in [-0.25, -0.2) is 16.8 Å². The van der Waals surface area contributed by atoms with Crippen LogP contribution in [0.15, 0.2) is 58.3 Å². The summed E-state index contributed by atoms with van der Waals surface area (Å²) in [6.07, 6.45) is 5.97. The molecule has 1 atom stereocenters. The van der Waals surface area contributed by atoms with Crippen molar-refractivity contribution >= 4 is 25.8 Å². The Morgan fingerprint density at radius 1 is 0.886 bits per heavy atom. The van der Waals surface area contributed by atoms with E-state index in [2.05, 4.69) is 6.07 Å². The van der Waals surface area contributed by atoms with Crippen LogP contribution < -0.4 is 4.74 Å². The van der Waals surface area contributed by atoms with E-state index in [1.807, 2.05) is 23.1 Å². The van der Waals surface area contributed by atoms with Crippen molar-refractivity contribution in [1.82, 2.24) is 9.21 Å². The van der Waals surface area contributed by atoms with E-state index in [0.717, 1.165) is 44.1 Å². The molecule has 2 aliphatic rings. The lowest BCUT2D eigenvalue weighted by Gasteiger charge is -2.37. The summed E-state index contributed by atoms with van der Waals surface area (Å²) in [7, 11) is -7.47. The van der Waals surface area contributed by atoms with Crippen LogP contribution in [0.3, 0.4) is 0 Å². The number of fused-ring (bicyclic) bond motifs is 3. The van der Waals surface area contributed by atoms with Crippen LogP contribution in [0.4, 0.5) is 0 Å². The highest BCUT2D eigenvalue weighted by atomic mass is 32.2. The standard InChI is InChI=1S/C25H32N2O6S2/c1-34(29,30)23-11-13-24(14-12-23)35(31,32)26-15-5-17-33-22-8-4-6-20(18-22)9-10-21-7-2-3-16-27(21)25(28)19-26/h4,6,8,11-14,18,21H,2-3,5,7,9-10,15-17,19H2,1H3. The van der Waals surface area contributed by atoms with Crippen LogP contribution in [0.25, 0.3) is 0 Å². The third-order valence-corrected chi connectivity index (χ3v) is 9.62. The Morgan fingerprint density at radius 3 is 2.37 bits per heavy atom. The largest absolute Gasteiger partial charge is 0.494 e. The van der Waals surface area contributed by atoms with E-state index in [1.54, 1.807) is 0 Å². The van der Waals surface area contributed by atoms with Crippen molar-refractivity contribution in [3.05, 3.63) is 54.1 Å². The van der Waals surface area contributed by atoms with E-state index in [1.165, 1.54) is 34.1 Å². The molecule has 2 bridgehead atoms. The van der Waals surface area contributed by atoms with E-state index in [4.69, 9.17) is 4.74 Å². The summed E-state index contributed by atoms with van der Waals surface area (Å²) in [5.74, 6) is 0.555. The SMILES string of the molecule is CS(=O)(=O)c1ccc(S(=O)(=O)N2CCCOc3cccc(c3)CCC3CCCCN3C(=O)C2)cc1. The molecule has 0 aliphatic carbocycles. The van der Waals surface area contributed by atoms with Gasteiger partial charge >= 0.3 is 0 Å². The van der Waals surface area contributed by atoms with Crippen LogP contribution in [0.5, 0.6) is 5.75 Å². The molecule has 10 heteroatoms. The van der Waals surface area contributed by atoms with Crippen LogP contribution in [-0.2, 0) is 31.1 Å². The van der Waals surface area contributed by atoms with Gasteiger partial charge in [-0.2, -0.15) is 4.31 Å². The number of carbonyl (C=O) groups is 1. The second-order valence-electron chi connectivity index (χ2n) is 9.21. The van der Waals surface area contributed by atoms with Gasteiger partial charge in [0.05, 0.1) is 22.9 Å². The van der Waals surface area contributed by atoms with Crippen molar-refractivity contribution in [2.45, 2.75) is 54.4 Å². The summed E-state index contributed by atoms with van der Waals surface area (Å²) in [6.45, 7) is 0.796. The number of hydrogen-bond acceptors (Lipinski definition) is 6. The molecule has 0 saturated carbocycles. The maximum atomic E-state index is 13.5. The number of amides is 1. The maximum Gasteiger partial charge on any atom is 0.243 e. The summed E-state index contributed by atoms with van der Waals surface area (Å²) < 4.78 is 57.6. The Hall–Kier alpha value is -2.43. The predicted octanol–water partition coefficient (Wildman–Crippen LogP) is 2.88. The first-order chi connectivity index (χ1) is 16.6. The third-order valence-electron chi connectivity index (χ3n) is 6.63. The summed E-state index contributed by atoms with van der Waals surface area (Å²) in [4.78, 5) is 15.2. The summed E-state index contributed by atoms with van der Waals surface area (Å²) in [5.41, 5.74) is 1.17. The highest BCUT2D eigenvalue weighted by Gasteiger charge is 2.32. The fraction of sp³-hybridized carbons (Fsp3) is 0.480. The van der Waals surface area contributed by atoms with Crippen molar-refractivity contribution in [2.24, 2.45) is 0 Å². The number of carbonyl (C=O) groups excluding carboxylic acids is 1. The lowest BCUT2D eigenvalue weighted by Crippen LogP contribution is -2.49. The van der Waals surface area contributed by atoms with Gasteiger partial charge in [-0.1, -0.05) is 12.1 Å². The quantitative estimate of drug-likeness (QED) is 0.617. The first-order valence-corrected chi connectivity index (χ1v) is 15.3. The maximum absolute atomic E-state index is 13.5. The number of hydrogen-bond donors (Lipinski definition) is 0. The molecule has 0 N–H and O–H groups in total. The molecule has 35 heavy (non-hydrogen) atoms. The highest BCUT2D eigenvalue weighted by molar-refractivity contribution is 7.90. The monoisotopic (exact) mass is 520 g/mol. The first-order valence-electron chi connectivity index (χ1n) is 12.0. The smallest absolute Gasteiger partial charge is 0.243 e. The molecule has 2 aromatic carbocycles. The van der Waals surface area contributed by atoms with Gasteiger partial charge in [-0.05, 0) is 80.5 Å². The molecule has 0 radical (unpaired) electrons. The average Bonchev–Trinajstić information content (AvgIpc) is 2.84. The lowest BCUT2D eigenvalue weighted by molar-refractivity contribution is -0.135. The van der Waals surface area contributed by atoms with Crippen LogP contribution in [0, 0.1) is 0 Å². The molecule has 2 aliphatic heterocycles. The Balaban J connectivity index is 1.62. The van der Waals surface area contributed by atoms with Crippen molar-refractivity contribution in [1.29, 1.82) is 0 Å². The van der Waals surface area contributed by atoms with E-state index in [0.29, 0.717) is 19.6 Å². The second-order valence-corrected chi connectivity index (χ2v) is 13.2. The Bertz CT molecular complexity index is 1260. The van der Waals surface area contributed by atoms with Crippen molar-refractivity contribution in [3.63, 3.8) is 0 Å². The van der Waals surface area contributed by atoms with Gasteiger partial charge in [-0.3, -0.25) is 4.79 Å². The number of nitrogens with zero attached hydrogens (tertiary/aromatic N) is 2. The van der Waals surface area contributed by atoms with Gasteiger partial charge in [0, 0.05) is 25.4 Å². The van der Waals surface area contributed by atoms with Crippen molar-refractivity contribution < 1.29 is 26.4 Å². The molecule has 1 fully saturated rings. The second kappa shape index (κ2) is 10.7. The van der Waals surface area contributed by atoms with Gasteiger partial charge in [0.1, 0.15) is 5.75 Å². The molecule has 4 rings (SSSR count). The zero-order valence-corrected chi connectivity index (χ0v) is 21.6. The number of sulfonamides is 1. The Kier molecular flexibility index (Phi) is 7.83. The van der Waals surface area contributed by atoms with Crippen LogP contribution in [0.2, 0.25) is 0 Å². The number of rotatable bonds is 3. The molecule has 0 aromatic heterocycles. The van der Waals surface area contributed by atoms with E-state index >= 15 is 0 Å². The topological polar surface area (TPSA) is 101 Å². The molecule has 8 nitrogen and oxygen atoms in total. The normalized spacial score (nSPS) is 21.0.